The van der Waals surface area contributed by atoms with Gasteiger partial charge in [0.05, 0.1) is 4.75 Å². The first-order valence-electron chi connectivity index (χ1n) is 5.40. The SMILES string of the molecule is CC(C)(C=O)SCC1CCOCC1.CN. The molecule has 1 heterocycles. The van der Waals surface area contributed by atoms with Crippen LogP contribution in [0.4, 0.5) is 0 Å². The quantitative estimate of drug-likeness (QED) is 0.751. The van der Waals surface area contributed by atoms with E-state index in [4.69, 9.17) is 4.74 Å². The molecule has 4 heteroatoms. The van der Waals surface area contributed by atoms with Crippen LogP contribution in [-0.4, -0.2) is 37.0 Å². The fourth-order valence-electron chi connectivity index (χ4n) is 1.28. The van der Waals surface area contributed by atoms with Crippen molar-refractivity contribution in [2.75, 3.05) is 26.0 Å². The Morgan fingerprint density at radius 3 is 2.40 bits per heavy atom. The molecule has 2 N–H and O–H groups in total. The number of carbonyl (C=O) groups is 1. The zero-order valence-electron chi connectivity index (χ0n) is 9.99. The average Bonchev–Trinajstić information content (AvgIpc) is 2.31. The monoisotopic (exact) mass is 233 g/mol. The number of hydrogen-bond acceptors (Lipinski definition) is 4. The minimum atomic E-state index is -0.210. The van der Waals surface area contributed by atoms with Gasteiger partial charge in [0.15, 0.2) is 0 Å². The van der Waals surface area contributed by atoms with Crippen molar-refractivity contribution in [3.05, 3.63) is 0 Å². The lowest BCUT2D eigenvalue weighted by Crippen LogP contribution is -2.22. The lowest BCUT2D eigenvalue weighted by Gasteiger charge is -2.24. The van der Waals surface area contributed by atoms with Gasteiger partial charge in [-0.1, -0.05) is 0 Å². The van der Waals surface area contributed by atoms with Crippen LogP contribution in [0, 0.1) is 5.92 Å². The normalized spacial score (nSPS) is 17.9. The molecule has 90 valence electrons. The van der Waals surface area contributed by atoms with E-state index in [1.54, 1.807) is 11.8 Å². The standard InChI is InChI=1S/C10H18O2S.CH5N/c1-10(2,8-11)13-7-9-3-5-12-6-4-9;1-2/h8-9H,3-7H2,1-2H3;2H2,1H3. The Labute approximate surface area is 97.1 Å². The summed E-state index contributed by atoms with van der Waals surface area (Å²) in [4.78, 5) is 10.7. The van der Waals surface area contributed by atoms with E-state index in [9.17, 15) is 4.79 Å². The van der Waals surface area contributed by atoms with Crippen LogP contribution >= 0.6 is 11.8 Å². The van der Waals surface area contributed by atoms with Gasteiger partial charge in [-0.15, -0.1) is 11.8 Å². The molecule has 1 fully saturated rings. The van der Waals surface area contributed by atoms with Crippen LogP contribution in [0.5, 0.6) is 0 Å². The molecule has 0 aromatic heterocycles. The molecule has 1 aliphatic heterocycles. The summed E-state index contributed by atoms with van der Waals surface area (Å²) < 4.78 is 5.07. The van der Waals surface area contributed by atoms with Crippen LogP contribution in [-0.2, 0) is 9.53 Å². The summed E-state index contributed by atoms with van der Waals surface area (Å²) in [7, 11) is 1.50. The van der Waals surface area contributed by atoms with E-state index in [-0.39, 0.29) is 4.75 Å². The van der Waals surface area contributed by atoms with E-state index in [1.807, 2.05) is 13.8 Å². The van der Waals surface area contributed by atoms with E-state index in [1.165, 1.54) is 7.05 Å². The second-order valence-corrected chi connectivity index (χ2v) is 5.76. The van der Waals surface area contributed by atoms with E-state index in [2.05, 4.69) is 5.73 Å². The fraction of sp³-hybridized carbons (Fsp3) is 0.909. The molecule has 0 aliphatic carbocycles. The van der Waals surface area contributed by atoms with Crippen LogP contribution in [0.2, 0.25) is 0 Å². The van der Waals surface area contributed by atoms with Crippen molar-refractivity contribution in [2.45, 2.75) is 31.4 Å². The maximum absolute atomic E-state index is 10.7. The number of aldehydes is 1. The van der Waals surface area contributed by atoms with Crippen LogP contribution in [0.1, 0.15) is 26.7 Å². The Bertz CT molecular complexity index is 168. The maximum Gasteiger partial charge on any atom is 0.135 e. The van der Waals surface area contributed by atoms with Crippen LogP contribution < -0.4 is 5.73 Å². The number of hydrogen-bond donors (Lipinski definition) is 1. The van der Waals surface area contributed by atoms with Crippen molar-refractivity contribution in [1.29, 1.82) is 0 Å². The maximum atomic E-state index is 10.7. The predicted octanol–water partition coefficient (Wildman–Crippen LogP) is 1.70. The lowest BCUT2D eigenvalue weighted by molar-refractivity contribution is -0.109. The van der Waals surface area contributed by atoms with Crippen molar-refractivity contribution in [2.24, 2.45) is 11.7 Å². The van der Waals surface area contributed by atoms with Gasteiger partial charge >= 0.3 is 0 Å². The molecular formula is C11H23NO2S. The van der Waals surface area contributed by atoms with Crippen molar-refractivity contribution in [1.82, 2.24) is 0 Å². The lowest BCUT2D eigenvalue weighted by atomic mass is 10.0. The van der Waals surface area contributed by atoms with Crippen LogP contribution in [0.25, 0.3) is 0 Å². The fourth-order valence-corrected chi connectivity index (χ4v) is 2.35. The molecule has 15 heavy (non-hydrogen) atoms. The van der Waals surface area contributed by atoms with Gasteiger partial charge in [-0.25, -0.2) is 0 Å². The highest BCUT2D eigenvalue weighted by Gasteiger charge is 2.21. The summed E-state index contributed by atoms with van der Waals surface area (Å²) in [6.45, 7) is 5.74. The Balaban J connectivity index is 0.000000921. The first kappa shape index (κ1) is 14.9. The Morgan fingerprint density at radius 1 is 1.40 bits per heavy atom. The molecule has 0 atom stereocenters. The van der Waals surface area contributed by atoms with Gasteiger partial charge in [0, 0.05) is 13.2 Å². The second-order valence-electron chi connectivity index (χ2n) is 4.09. The van der Waals surface area contributed by atoms with Gasteiger partial charge in [-0.3, -0.25) is 0 Å². The number of nitrogens with two attached hydrogens (primary N) is 1. The largest absolute Gasteiger partial charge is 0.381 e. The minimum Gasteiger partial charge on any atom is -0.381 e. The third-order valence-electron chi connectivity index (χ3n) is 2.32. The number of thioether (sulfide) groups is 1. The minimum absolute atomic E-state index is 0.210. The Hall–Kier alpha value is -0.0600. The van der Waals surface area contributed by atoms with E-state index in [0.717, 1.165) is 44.0 Å². The van der Waals surface area contributed by atoms with Gasteiger partial charge in [-0.05, 0) is 45.4 Å². The third-order valence-corrected chi connectivity index (χ3v) is 3.79. The van der Waals surface area contributed by atoms with Gasteiger partial charge in [-0.2, -0.15) is 0 Å². The first-order chi connectivity index (χ1) is 7.14. The smallest absolute Gasteiger partial charge is 0.135 e. The van der Waals surface area contributed by atoms with Crippen molar-refractivity contribution in [3.63, 3.8) is 0 Å². The van der Waals surface area contributed by atoms with E-state index < -0.39 is 0 Å². The molecule has 1 aliphatic rings. The zero-order chi connectivity index (χ0) is 11.7. The highest BCUT2D eigenvalue weighted by atomic mass is 32.2. The molecular weight excluding hydrogens is 210 g/mol. The molecule has 0 bridgehead atoms. The molecule has 0 saturated carbocycles. The van der Waals surface area contributed by atoms with E-state index in [0.29, 0.717) is 0 Å². The average molecular weight is 233 g/mol. The summed E-state index contributed by atoms with van der Waals surface area (Å²) in [5.74, 6) is 1.84. The van der Waals surface area contributed by atoms with Gasteiger partial charge in [0.1, 0.15) is 6.29 Å². The third kappa shape index (κ3) is 6.93. The van der Waals surface area contributed by atoms with Crippen molar-refractivity contribution in [3.8, 4) is 0 Å². The number of rotatable bonds is 4. The molecule has 0 spiro atoms. The highest BCUT2D eigenvalue weighted by Crippen LogP contribution is 2.27. The first-order valence-corrected chi connectivity index (χ1v) is 6.38. The van der Waals surface area contributed by atoms with Crippen molar-refractivity contribution >= 4 is 18.0 Å². The zero-order valence-corrected chi connectivity index (χ0v) is 10.8. The van der Waals surface area contributed by atoms with Crippen molar-refractivity contribution < 1.29 is 9.53 Å². The summed E-state index contributed by atoms with van der Waals surface area (Å²) >= 11 is 1.76. The van der Waals surface area contributed by atoms with Gasteiger partial charge < -0.3 is 15.3 Å². The Morgan fingerprint density at radius 2 is 1.93 bits per heavy atom. The molecule has 0 aromatic carbocycles. The molecule has 1 saturated heterocycles. The highest BCUT2D eigenvalue weighted by molar-refractivity contribution is 8.01. The molecule has 0 amide bonds. The molecule has 0 unspecified atom stereocenters. The summed E-state index contributed by atoms with van der Waals surface area (Å²) in [5, 5.41) is 0. The molecule has 3 nitrogen and oxygen atoms in total. The Kier molecular flexibility index (Phi) is 8.10. The summed E-state index contributed by atoms with van der Waals surface area (Å²) in [5.41, 5.74) is 4.50. The summed E-state index contributed by atoms with van der Waals surface area (Å²) in [6.07, 6.45) is 3.35. The number of ether oxygens (including phenoxy) is 1. The second kappa shape index (κ2) is 8.13. The summed E-state index contributed by atoms with van der Waals surface area (Å²) in [6, 6.07) is 0. The van der Waals surface area contributed by atoms with Gasteiger partial charge in [0.2, 0.25) is 0 Å². The van der Waals surface area contributed by atoms with Crippen LogP contribution in [0.15, 0.2) is 0 Å². The number of carbonyl (C=O) groups excluding carboxylic acids is 1. The molecule has 0 aromatic rings. The predicted molar refractivity (Wildman–Crippen MR) is 66.3 cm³/mol. The van der Waals surface area contributed by atoms with Gasteiger partial charge in [0.25, 0.3) is 0 Å². The van der Waals surface area contributed by atoms with Crippen LogP contribution in [0.3, 0.4) is 0 Å². The van der Waals surface area contributed by atoms with E-state index >= 15 is 0 Å². The molecule has 0 radical (unpaired) electrons. The molecule has 1 rings (SSSR count). The topological polar surface area (TPSA) is 52.3 Å².